The second kappa shape index (κ2) is 2.90. The summed E-state index contributed by atoms with van der Waals surface area (Å²) in [4.78, 5) is 11.5. The Labute approximate surface area is 79.1 Å². The summed E-state index contributed by atoms with van der Waals surface area (Å²) in [6, 6.07) is 0. The highest BCUT2D eigenvalue weighted by Gasteiger charge is 2.26. The Morgan fingerprint density at radius 1 is 1.57 bits per heavy atom. The molecule has 1 aliphatic heterocycles. The van der Waals surface area contributed by atoms with Crippen LogP contribution in [0.15, 0.2) is 4.79 Å². The van der Waals surface area contributed by atoms with Crippen LogP contribution < -0.4 is 5.69 Å². The van der Waals surface area contributed by atoms with E-state index in [0.29, 0.717) is 18.8 Å². The highest BCUT2D eigenvalue weighted by molar-refractivity contribution is 4.93. The molecule has 1 aromatic heterocycles. The average Bonchev–Trinajstić information content (AvgIpc) is 2.55. The standard InChI is InChI=1S/C8H11F2N3O/c1-8(9,10)5-13-7(14)12-4-2-3-6(12)11-13/h2-5H2,1H3. The third-order valence-electron chi connectivity index (χ3n) is 2.21. The van der Waals surface area contributed by atoms with Gasteiger partial charge in [-0.1, -0.05) is 0 Å². The molecular weight excluding hydrogens is 192 g/mol. The Morgan fingerprint density at radius 2 is 2.29 bits per heavy atom. The van der Waals surface area contributed by atoms with E-state index in [4.69, 9.17) is 0 Å². The van der Waals surface area contributed by atoms with Gasteiger partial charge in [-0.3, -0.25) is 4.57 Å². The molecule has 2 heterocycles. The Hall–Kier alpha value is -1.20. The SMILES string of the molecule is CC(F)(F)Cn1nc2n(c1=O)CCC2. The fourth-order valence-corrected chi connectivity index (χ4v) is 1.66. The zero-order chi connectivity index (χ0) is 10.3. The smallest absolute Gasteiger partial charge is 0.279 e. The molecule has 0 aromatic carbocycles. The molecule has 0 N–H and O–H groups in total. The van der Waals surface area contributed by atoms with Gasteiger partial charge >= 0.3 is 5.69 Å². The molecule has 0 bridgehead atoms. The van der Waals surface area contributed by atoms with E-state index in [9.17, 15) is 13.6 Å². The van der Waals surface area contributed by atoms with Gasteiger partial charge in [0.25, 0.3) is 5.92 Å². The number of fused-ring (bicyclic) bond motifs is 1. The van der Waals surface area contributed by atoms with Crippen LogP contribution in [-0.4, -0.2) is 20.3 Å². The van der Waals surface area contributed by atoms with E-state index in [0.717, 1.165) is 18.0 Å². The van der Waals surface area contributed by atoms with Gasteiger partial charge < -0.3 is 0 Å². The average molecular weight is 203 g/mol. The first-order valence-corrected chi connectivity index (χ1v) is 4.52. The highest BCUT2D eigenvalue weighted by atomic mass is 19.3. The molecule has 0 amide bonds. The lowest BCUT2D eigenvalue weighted by Crippen LogP contribution is -2.31. The van der Waals surface area contributed by atoms with Crippen LogP contribution in [0.2, 0.25) is 0 Å². The van der Waals surface area contributed by atoms with Crippen molar-refractivity contribution in [2.75, 3.05) is 0 Å². The van der Waals surface area contributed by atoms with E-state index >= 15 is 0 Å². The second-order valence-electron chi connectivity index (χ2n) is 3.68. The second-order valence-corrected chi connectivity index (χ2v) is 3.68. The maximum absolute atomic E-state index is 12.6. The minimum atomic E-state index is -2.89. The molecule has 1 aromatic rings. The van der Waals surface area contributed by atoms with Crippen LogP contribution in [0.1, 0.15) is 19.2 Å². The summed E-state index contributed by atoms with van der Waals surface area (Å²) in [5.74, 6) is -2.27. The molecule has 0 saturated heterocycles. The molecule has 0 unspecified atom stereocenters. The van der Waals surface area contributed by atoms with Crippen molar-refractivity contribution in [3.63, 3.8) is 0 Å². The molecule has 14 heavy (non-hydrogen) atoms. The number of nitrogens with zero attached hydrogens (tertiary/aromatic N) is 3. The maximum Gasteiger partial charge on any atom is 0.346 e. The quantitative estimate of drug-likeness (QED) is 0.707. The molecule has 6 heteroatoms. The van der Waals surface area contributed by atoms with Crippen molar-refractivity contribution in [1.29, 1.82) is 0 Å². The van der Waals surface area contributed by atoms with E-state index in [2.05, 4.69) is 5.10 Å². The van der Waals surface area contributed by atoms with Crippen molar-refractivity contribution < 1.29 is 8.78 Å². The Balaban J connectivity index is 2.33. The zero-order valence-electron chi connectivity index (χ0n) is 7.83. The highest BCUT2D eigenvalue weighted by Crippen LogP contribution is 2.14. The van der Waals surface area contributed by atoms with Gasteiger partial charge in [-0.15, -0.1) is 0 Å². The van der Waals surface area contributed by atoms with E-state index < -0.39 is 18.2 Å². The van der Waals surface area contributed by atoms with Gasteiger partial charge in [0.2, 0.25) is 0 Å². The van der Waals surface area contributed by atoms with Gasteiger partial charge in [0.15, 0.2) is 0 Å². The number of aromatic nitrogens is 3. The van der Waals surface area contributed by atoms with Gasteiger partial charge in [-0.25, -0.2) is 18.3 Å². The van der Waals surface area contributed by atoms with Crippen LogP contribution >= 0.6 is 0 Å². The van der Waals surface area contributed by atoms with Crippen molar-refractivity contribution in [2.45, 2.75) is 38.8 Å². The van der Waals surface area contributed by atoms with Crippen LogP contribution in [0.3, 0.4) is 0 Å². The lowest BCUT2D eigenvalue weighted by molar-refractivity contribution is -0.000712. The van der Waals surface area contributed by atoms with Crippen molar-refractivity contribution in [3.05, 3.63) is 16.3 Å². The molecule has 1 aliphatic rings. The number of hydrogen-bond donors (Lipinski definition) is 0. The summed E-state index contributed by atoms with van der Waals surface area (Å²) in [6.45, 7) is 0.749. The van der Waals surface area contributed by atoms with E-state index in [-0.39, 0.29) is 0 Å². The van der Waals surface area contributed by atoms with Crippen LogP contribution in [0, 0.1) is 0 Å². The molecule has 4 nitrogen and oxygen atoms in total. The minimum absolute atomic E-state index is 0.418. The molecule has 0 atom stereocenters. The van der Waals surface area contributed by atoms with Gasteiger partial charge in [0.05, 0.1) is 0 Å². The predicted molar refractivity (Wildman–Crippen MR) is 45.4 cm³/mol. The topological polar surface area (TPSA) is 39.8 Å². The van der Waals surface area contributed by atoms with Crippen LogP contribution in [0.5, 0.6) is 0 Å². The third kappa shape index (κ3) is 1.56. The lowest BCUT2D eigenvalue weighted by atomic mass is 10.4. The summed E-state index contributed by atoms with van der Waals surface area (Å²) in [5.41, 5.74) is -0.418. The number of rotatable bonds is 2. The maximum atomic E-state index is 12.6. The summed E-state index contributed by atoms with van der Waals surface area (Å²) in [5, 5.41) is 3.86. The molecule has 0 saturated carbocycles. The molecule has 0 fully saturated rings. The molecule has 78 valence electrons. The molecule has 2 rings (SSSR count). The van der Waals surface area contributed by atoms with Crippen LogP contribution in [0.4, 0.5) is 8.78 Å². The number of hydrogen-bond acceptors (Lipinski definition) is 2. The van der Waals surface area contributed by atoms with Crippen molar-refractivity contribution in [3.8, 4) is 0 Å². The lowest BCUT2D eigenvalue weighted by Gasteiger charge is -2.08. The van der Waals surface area contributed by atoms with Crippen molar-refractivity contribution >= 4 is 0 Å². The number of aryl methyl sites for hydroxylation is 1. The Kier molecular flexibility index (Phi) is 1.94. The summed E-state index contributed by atoms with van der Waals surface area (Å²) in [6.07, 6.45) is 1.58. The molecule has 0 spiro atoms. The Morgan fingerprint density at radius 3 is 2.86 bits per heavy atom. The number of halogens is 2. The number of alkyl halides is 2. The fraction of sp³-hybridized carbons (Fsp3) is 0.750. The first-order valence-electron chi connectivity index (χ1n) is 4.52. The van der Waals surface area contributed by atoms with Gasteiger partial charge in [-0.05, 0) is 6.42 Å². The largest absolute Gasteiger partial charge is 0.346 e. The zero-order valence-corrected chi connectivity index (χ0v) is 7.83. The van der Waals surface area contributed by atoms with E-state index in [1.807, 2.05) is 0 Å². The van der Waals surface area contributed by atoms with Gasteiger partial charge in [0.1, 0.15) is 12.4 Å². The third-order valence-corrected chi connectivity index (χ3v) is 2.21. The normalized spacial score (nSPS) is 15.9. The summed E-state index contributed by atoms with van der Waals surface area (Å²) in [7, 11) is 0. The van der Waals surface area contributed by atoms with Gasteiger partial charge in [0, 0.05) is 19.9 Å². The Bertz CT molecular complexity index is 402. The summed E-state index contributed by atoms with van der Waals surface area (Å²) < 4.78 is 27.6. The molecule has 0 aliphatic carbocycles. The first kappa shape index (κ1) is 9.36. The van der Waals surface area contributed by atoms with E-state index in [1.165, 1.54) is 4.57 Å². The monoisotopic (exact) mass is 203 g/mol. The minimum Gasteiger partial charge on any atom is -0.279 e. The van der Waals surface area contributed by atoms with Crippen molar-refractivity contribution in [2.24, 2.45) is 0 Å². The molecule has 0 radical (unpaired) electrons. The predicted octanol–water partition coefficient (Wildman–Crippen LogP) is 0.646. The first-order chi connectivity index (χ1) is 6.47. The fourth-order valence-electron chi connectivity index (χ4n) is 1.66. The van der Waals surface area contributed by atoms with Crippen molar-refractivity contribution in [1.82, 2.24) is 14.3 Å². The van der Waals surface area contributed by atoms with Crippen LogP contribution in [-0.2, 0) is 19.5 Å². The van der Waals surface area contributed by atoms with Crippen LogP contribution in [0.25, 0.3) is 0 Å². The van der Waals surface area contributed by atoms with E-state index in [1.54, 1.807) is 0 Å². The molecular formula is C8H11F2N3O. The van der Waals surface area contributed by atoms with Gasteiger partial charge in [-0.2, -0.15) is 5.10 Å². The summed E-state index contributed by atoms with van der Waals surface area (Å²) >= 11 is 0.